The molecule has 0 aliphatic heterocycles. The summed E-state index contributed by atoms with van der Waals surface area (Å²) >= 11 is 0. The average Bonchev–Trinajstić information content (AvgIpc) is 2.74. The van der Waals surface area contributed by atoms with Crippen LogP contribution >= 0.6 is 0 Å². The van der Waals surface area contributed by atoms with Gasteiger partial charge in [-0.05, 0) is 55.0 Å². The van der Waals surface area contributed by atoms with Crippen LogP contribution in [0.2, 0.25) is 0 Å². The van der Waals surface area contributed by atoms with Crippen molar-refractivity contribution >= 4 is 17.6 Å². The van der Waals surface area contributed by atoms with Crippen LogP contribution in [0.25, 0.3) is 0 Å². The summed E-state index contributed by atoms with van der Waals surface area (Å²) < 4.78 is 11.1. The van der Waals surface area contributed by atoms with Gasteiger partial charge in [-0.3, -0.25) is 0 Å². The van der Waals surface area contributed by atoms with Crippen molar-refractivity contribution in [2.45, 2.75) is 13.5 Å². The van der Waals surface area contributed by atoms with Crippen molar-refractivity contribution in [2.24, 2.45) is 0 Å². The van der Waals surface area contributed by atoms with Crippen molar-refractivity contribution in [1.29, 1.82) is 0 Å². The predicted octanol–water partition coefficient (Wildman–Crippen LogP) is 4.61. The lowest BCUT2D eigenvalue weighted by Gasteiger charge is -2.13. The highest BCUT2D eigenvalue weighted by molar-refractivity contribution is 5.91. The van der Waals surface area contributed by atoms with Gasteiger partial charge in [-0.2, -0.15) is 0 Å². The van der Waals surface area contributed by atoms with Crippen LogP contribution < -0.4 is 14.8 Å². The summed E-state index contributed by atoms with van der Waals surface area (Å²) in [5.74, 6) is -0.618. The van der Waals surface area contributed by atoms with E-state index in [1.54, 1.807) is 54.6 Å². The second-order valence-corrected chi connectivity index (χ2v) is 6.21. The molecule has 6 nitrogen and oxygen atoms in total. The molecule has 0 saturated carbocycles. The molecule has 0 aliphatic rings. The Bertz CT molecular complexity index is 1000. The third kappa shape index (κ3) is 5.35. The molecule has 0 amide bonds. The van der Waals surface area contributed by atoms with Gasteiger partial charge in [0.25, 0.3) is 0 Å². The fraction of sp³-hybridized carbons (Fsp3) is 0.130. The van der Waals surface area contributed by atoms with E-state index in [0.717, 1.165) is 5.56 Å². The standard InChI is InChI=1S/C23H21NO5/c1-2-28-21-13-16(15-24-19-10-6-9-18(14-19)22(25)26)11-12-20(21)29-23(27)17-7-4-3-5-8-17/h3-14,24H,2,15H2,1H3,(H,25,26). The Balaban J connectivity index is 1.73. The van der Waals surface area contributed by atoms with Crippen molar-refractivity contribution in [3.05, 3.63) is 89.5 Å². The number of carboxylic acid groups (broad SMARTS) is 1. The first-order valence-corrected chi connectivity index (χ1v) is 9.17. The van der Waals surface area contributed by atoms with E-state index in [1.165, 1.54) is 6.07 Å². The van der Waals surface area contributed by atoms with Crippen molar-refractivity contribution in [2.75, 3.05) is 11.9 Å². The third-order valence-corrected chi connectivity index (χ3v) is 4.13. The lowest BCUT2D eigenvalue weighted by Crippen LogP contribution is -2.10. The lowest BCUT2D eigenvalue weighted by atomic mass is 10.1. The second-order valence-electron chi connectivity index (χ2n) is 6.21. The Morgan fingerprint density at radius 2 is 1.66 bits per heavy atom. The van der Waals surface area contributed by atoms with E-state index >= 15 is 0 Å². The summed E-state index contributed by atoms with van der Waals surface area (Å²) in [5.41, 5.74) is 2.27. The molecule has 0 radical (unpaired) electrons. The first-order chi connectivity index (χ1) is 14.1. The topological polar surface area (TPSA) is 84.9 Å². The number of esters is 1. The molecular weight excluding hydrogens is 370 g/mol. The summed E-state index contributed by atoms with van der Waals surface area (Å²) in [7, 11) is 0. The highest BCUT2D eigenvalue weighted by Gasteiger charge is 2.13. The molecule has 0 aliphatic carbocycles. The van der Waals surface area contributed by atoms with Gasteiger partial charge in [-0.25, -0.2) is 9.59 Å². The Kier molecular flexibility index (Phi) is 6.47. The zero-order valence-corrected chi connectivity index (χ0v) is 15.9. The largest absolute Gasteiger partial charge is 0.490 e. The molecule has 0 bridgehead atoms. The predicted molar refractivity (Wildman–Crippen MR) is 110 cm³/mol. The van der Waals surface area contributed by atoms with E-state index in [1.807, 2.05) is 19.1 Å². The number of carbonyl (C=O) groups is 2. The molecular formula is C23H21NO5. The molecule has 0 saturated heterocycles. The quantitative estimate of drug-likeness (QED) is 0.431. The van der Waals surface area contributed by atoms with Crippen LogP contribution in [0.4, 0.5) is 5.69 Å². The van der Waals surface area contributed by atoms with E-state index in [-0.39, 0.29) is 5.56 Å². The Hall–Kier alpha value is -3.80. The van der Waals surface area contributed by atoms with Gasteiger partial charge < -0.3 is 19.9 Å². The Morgan fingerprint density at radius 1 is 0.897 bits per heavy atom. The minimum absolute atomic E-state index is 0.216. The van der Waals surface area contributed by atoms with Gasteiger partial charge in [0, 0.05) is 12.2 Å². The molecule has 3 rings (SSSR count). The maximum atomic E-state index is 12.3. The Morgan fingerprint density at radius 3 is 2.38 bits per heavy atom. The van der Waals surface area contributed by atoms with E-state index in [0.29, 0.717) is 35.9 Å². The van der Waals surface area contributed by atoms with Gasteiger partial charge in [0.05, 0.1) is 17.7 Å². The number of ether oxygens (including phenoxy) is 2. The molecule has 0 aromatic heterocycles. The number of carbonyl (C=O) groups excluding carboxylic acids is 1. The van der Waals surface area contributed by atoms with Crippen LogP contribution in [0.5, 0.6) is 11.5 Å². The fourth-order valence-electron chi connectivity index (χ4n) is 2.71. The van der Waals surface area contributed by atoms with Gasteiger partial charge >= 0.3 is 11.9 Å². The fourth-order valence-corrected chi connectivity index (χ4v) is 2.71. The molecule has 0 spiro atoms. The normalized spacial score (nSPS) is 10.2. The van der Waals surface area contributed by atoms with Crippen molar-refractivity contribution in [3.63, 3.8) is 0 Å². The number of nitrogens with one attached hydrogen (secondary N) is 1. The van der Waals surface area contributed by atoms with Crippen LogP contribution in [0, 0.1) is 0 Å². The number of hydrogen-bond donors (Lipinski definition) is 2. The molecule has 0 unspecified atom stereocenters. The van der Waals surface area contributed by atoms with Gasteiger partial charge in [0.15, 0.2) is 11.5 Å². The number of benzene rings is 3. The second kappa shape index (κ2) is 9.41. The van der Waals surface area contributed by atoms with Crippen LogP contribution in [-0.2, 0) is 6.54 Å². The third-order valence-electron chi connectivity index (χ3n) is 4.13. The minimum atomic E-state index is -0.975. The van der Waals surface area contributed by atoms with E-state index in [4.69, 9.17) is 14.6 Å². The van der Waals surface area contributed by atoms with Crippen LogP contribution in [0.3, 0.4) is 0 Å². The van der Waals surface area contributed by atoms with Crippen LogP contribution in [-0.4, -0.2) is 23.7 Å². The first kappa shape index (κ1) is 19.9. The van der Waals surface area contributed by atoms with Gasteiger partial charge in [-0.1, -0.05) is 30.3 Å². The lowest BCUT2D eigenvalue weighted by molar-refractivity contribution is 0.0694. The van der Waals surface area contributed by atoms with Crippen LogP contribution in [0.1, 0.15) is 33.2 Å². The van der Waals surface area contributed by atoms with Gasteiger partial charge in [0.2, 0.25) is 0 Å². The highest BCUT2D eigenvalue weighted by atomic mass is 16.6. The van der Waals surface area contributed by atoms with E-state index in [2.05, 4.69) is 5.32 Å². The number of hydrogen-bond acceptors (Lipinski definition) is 5. The zero-order valence-electron chi connectivity index (χ0n) is 15.9. The number of carboxylic acids is 1. The van der Waals surface area contributed by atoms with Gasteiger partial charge in [0.1, 0.15) is 0 Å². The van der Waals surface area contributed by atoms with Crippen LogP contribution in [0.15, 0.2) is 72.8 Å². The van der Waals surface area contributed by atoms with Crippen molar-refractivity contribution < 1.29 is 24.2 Å². The SMILES string of the molecule is CCOc1cc(CNc2cccc(C(=O)O)c2)ccc1OC(=O)c1ccccc1. The molecule has 2 N–H and O–H groups in total. The summed E-state index contributed by atoms with van der Waals surface area (Å²) in [5, 5.41) is 12.3. The molecule has 29 heavy (non-hydrogen) atoms. The van der Waals surface area contributed by atoms with Gasteiger partial charge in [-0.15, -0.1) is 0 Å². The molecule has 3 aromatic rings. The summed E-state index contributed by atoms with van der Waals surface area (Å²) in [4.78, 5) is 23.4. The average molecular weight is 391 g/mol. The smallest absolute Gasteiger partial charge is 0.343 e. The van der Waals surface area contributed by atoms with E-state index in [9.17, 15) is 9.59 Å². The first-order valence-electron chi connectivity index (χ1n) is 9.17. The zero-order chi connectivity index (χ0) is 20.6. The molecule has 0 heterocycles. The maximum Gasteiger partial charge on any atom is 0.343 e. The number of anilines is 1. The number of rotatable bonds is 8. The monoisotopic (exact) mass is 391 g/mol. The van der Waals surface area contributed by atoms with E-state index < -0.39 is 11.9 Å². The summed E-state index contributed by atoms with van der Waals surface area (Å²) in [6, 6.07) is 20.6. The maximum absolute atomic E-state index is 12.3. The molecule has 6 heteroatoms. The molecule has 148 valence electrons. The molecule has 0 fully saturated rings. The molecule has 3 aromatic carbocycles. The Labute approximate surface area is 168 Å². The minimum Gasteiger partial charge on any atom is -0.490 e. The molecule has 0 atom stereocenters. The van der Waals surface area contributed by atoms with Crippen molar-refractivity contribution in [3.8, 4) is 11.5 Å². The van der Waals surface area contributed by atoms with Crippen molar-refractivity contribution in [1.82, 2.24) is 0 Å². The summed E-state index contributed by atoms with van der Waals surface area (Å²) in [6.07, 6.45) is 0. The summed E-state index contributed by atoms with van der Waals surface area (Å²) in [6.45, 7) is 2.73. The number of aromatic carboxylic acids is 1. The highest BCUT2D eigenvalue weighted by Crippen LogP contribution is 2.29.